The third-order valence-corrected chi connectivity index (χ3v) is 9.20. The summed E-state index contributed by atoms with van der Waals surface area (Å²) in [4.78, 5) is 46.8. The van der Waals surface area contributed by atoms with Crippen LogP contribution in [-0.2, 0) is 20.8 Å². The Morgan fingerprint density at radius 3 is 2.54 bits per heavy atom. The van der Waals surface area contributed by atoms with Crippen molar-refractivity contribution in [3.8, 4) is 11.4 Å². The number of methoxy groups -OCH3 is 1. The van der Waals surface area contributed by atoms with Gasteiger partial charge in [-0.1, -0.05) is 68.1 Å². The molecule has 52 heavy (non-hydrogen) atoms. The number of unbranched alkanes of at least 4 members (excludes halogenated alkanes) is 1. The smallest absolute Gasteiger partial charge is 0.360 e. The van der Waals surface area contributed by atoms with Crippen molar-refractivity contribution in [1.82, 2.24) is 29.1 Å². The van der Waals surface area contributed by atoms with Gasteiger partial charge in [0.2, 0.25) is 0 Å². The molecule has 1 amide bonds. The second-order valence-electron chi connectivity index (χ2n) is 12.5. The van der Waals surface area contributed by atoms with Crippen molar-refractivity contribution in [1.29, 1.82) is 0 Å². The fourth-order valence-electron chi connectivity index (χ4n) is 6.07. The van der Waals surface area contributed by atoms with Crippen LogP contribution in [0.1, 0.15) is 80.9 Å². The molecule has 1 N–H and O–H groups in total. The van der Waals surface area contributed by atoms with Crippen LogP contribution < -0.4 is 15.6 Å². The van der Waals surface area contributed by atoms with Crippen molar-refractivity contribution in [3.63, 3.8) is 0 Å². The van der Waals surface area contributed by atoms with E-state index in [9.17, 15) is 14.4 Å². The number of fused-ring (bicyclic) bond motifs is 1. The molecule has 0 aliphatic heterocycles. The van der Waals surface area contributed by atoms with Crippen LogP contribution in [0.15, 0.2) is 65.7 Å². The first kappa shape index (κ1) is 38.2. The molecule has 2 unspecified atom stereocenters. The SMILES string of the molecule is CCCCC(CC)COCCCn1c(C(C(=O)Nc2cc(Cl)ccc2OC)n2nnc(C(=O)OCC)c2C)nc2cn(-c3ccccc3)cc2c1=O. The Labute approximate surface area is 307 Å². The molecule has 0 saturated heterocycles. The first-order chi connectivity index (χ1) is 25.2. The monoisotopic (exact) mass is 731 g/mol. The average Bonchev–Trinajstić information content (AvgIpc) is 3.75. The zero-order chi connectivity index (χ0) is 37.2. The maximum Gasteiger partial charge on any atom is 0.360 e. The van der Waals surface area contributed by atoms with Crippen molar-refractivity contribution in [2.45, 2.75) is 72.4 Å². The summed E-state index contributed by atoms with van der Waals surface area (Å²) in [6.07, 6.45) is 8.38. The summed E-state index contributed by atoms with van der Waals surface area (Å²) in [6.45, 7) is 9.00. The number of benzene rings is 2. The number of nitrogens with one attached hydrogen (secondary N) is 1. The summed E-state index contributed by atoms with van der Waals surface area (Å²) in [6, 6.07) is 13.0. The number of esters is 1. The number of amides is 1. The molecule has 0 radical (unpaired) electrons. The highest BCUT2D eigenvalue weighted by atomic mass is 35.5. The van der Waals surface area contributed by atoms with Gasteiger partial charge in [0.25, 0.3) is 11.5 Å². The molecule has 2 atom stereocenters. The number of para-hydroxylation sites is 1. The Hall–Kier alpha value is -5.01. The molecule has 5 rings (SSSR count). The predicted molar refractivity (Wildman–Crippen MR) is 200 cm³/mol. The number of hydrogen-bond acceptors (Lipinski definition) is 9. The van der Waals surface area contributed by atoms with E-state index in [1.807, 2.05) is 34.9 Å². The van der Waals surface area contributed by atoms with Gasteiger partial charge in [0.15, 0.2) is 11.7 Å². The van der Waals surface area contributed by atoms with Crippen LogP contribution >= 0.6 is 11.6 Å². The lowest BCUT2D eigenvalue weighted by atomic mass is 10.0. The number of carbonyl (C=O) groups excluding carboxylic acids is 2. The van der Waals surface area contributed by atoms with Crippen LogP contribution in [0.25, 0.3) is 16.6 Å². The molecule has 3 heterocycles. The summed E-state index contributed by atoms with van der Waals surface area (Å²) in [5.41, 5.74) is 1.35. The molecule has 2 aromatic carbocycles. The molecule has 0 aliphatic carbocycles. The third-order valence-electron chi connectivity index (χ3n) is 8.97. The van der Waals surface area contributed by atoms with E-state index < -0.39 is 17.9 Å². The van der Waals surface area contributed by atoms with Crippen LogP contribution in [0.2, 0.25) is 5.02 Å². The highest BCUT2D eigenvalue weighted by molar-refractivity contribution is 6.31. The van der Waals surface area contributed by atoms with E-state index in [2.05, 4.69) is 29.5 Å². The van der Waals surface area contributed by atoms with E-state index in [0.29, 0.717) is 52.9 Å². The minimum atomic E-state index is -1.36. The fraction of sp³-hybridized carbons (Fsp3) is 0.421. The normalized spacial score (nSPS) is 12.5. The maximum atomic E-state index is 14.5. The van der Waals surface area contributed by atoms with Gasteiger partial charge in [-0.2, -0.15) is 0 Å². The molecule has 0 bridgehead atoms. The van der Waals surface area contributed by atoms with Gasteiger partial charge < -0.3 is 24.1 Å². The molecular weight excluding hydrogens is 686 g/mol. The second kappa shape index (κ2) is 18.0. The minimum absolute atomic E-state index is 0.0628. The average molecular weight is 732 g/mol. The number of halogens is 1. The van der Waals surface area contributed by atoms with Gasteiger partial charge >= 0.3 is 5.97 Å². The zero-order valence-electron chi connectivity index (χ0n) is 30.3. The van der Waals surface area contributed by atoms with Crippen LogP contribution in [0.5, 0.6) is 5.75 Å². The molecule has 0 spiro atoms. The fourth-order valence-corrected chi connectivity index (χ4v) is 6.24. The molecule has 0 fully saturated rings. The highest BCUT2D eigenvalue weighted by Crippen LogP contribution is 2.30. The third kappa shape index (κ3) is 8.71. The predicted octanol–water partition coefficient (Wildman–Crippen LogP) is 6.78. The Morgan fingerprint density at radius 1 is 1.04 bits per heavy atom. The van der Waals surface area contributed by atoms with Crippen molar-refractivity contribution in [3.05, 3.63) is 93.5 Å². The van der Waals surface area contributed by atoms with Crippen LogP contribution in [0.4, 0.5) is 5.69 Å². The van der Waals surface area contributed by atoms with E-state index in [-0.39, 0.29) is 35.9 Å². The van der Waals surface area contributed by atoms with Crippen LogP contribution in [0.3, 0.4) is 0 Å². The summed E-state index contributed by atoms with van der Waals surface area (Å²) < 4.78 is 21.4. The Morgan fingerprint density at radius 2 is 1.83 bits per heavy atom. The van der Waals surface area contributed by atoms with Crippen molar-refractivity contribution in [2.75, 3.05) is 32.2 Å². The van der Waals surface area contributed by atoms with Gasteiger partial charge in [0, 0.05) is 42.9 Å². The molecule has 5 aromatic rings. The second-order valence-corrected chi connectivity index (χ2v) is 12.9. The highest BCUT2D eigenvalue weighted by Gasteiger charge is 2.34. The van der Waals surface area contributed by atoms with E-state index in [1.165, 1.54) is 16.4 Å². The molecule has 0 saturated carbocycles. The van der Waals surface area contributed by atoms with E-state index in [0.717, 1.165) is 31.4 Å². The first-order valence-corrected chi connectivity index (χ1v) is 18.1. The lowest BCUT2D eigenvalue weighted by Crippen LogP contribution is -2.36. The van der Waals surface area contributed by atoms with Crippen molar-refractivity contribution < 1.29 is 23.8 Å². The Bertz CT molecular complexity index is 2040. The van der Waals surface area contributed by atoms with Gasteiger partial charge in [0.05, 0.1) is 36.0 Å². The quantitative estimate of drug-likeness (QED) is 0.0762. The topological polar surface area (TPSA) is 144 Å². The van der Waals surface area contributed by atoms with Gasteiger partial charge in [-0.3, -0.25) is 14.2 Å². The molecule has 0 aliphatic rings. The number of nitrogens with zero attached hydrogens (tertiary/aromatic N) is 6. The lowest BCUT2D eigenvalue weighted by molar-refractivity contribution is -0.118. The summed E-state index contributed by atoms with van der Waals surface area (Å²) in [7, 11) is 1.47. The number of rotatable bonds is 18. The van der Waals surface area contributed by atoms with E-state index >= 15 is 0 Å². The minimum Gasteiger partial charge on any atom is -0.495 e. The Kier molecular flexibility index (Phi) is 13.2. The molecule has 14 heteroatoms. The number of aromatic nitrogens is 6. The van der Waals surface area contributed by atoms with E-state index in [4.69, 9.17) is 30.8 Å². The number of anilines is 1. The number of carbonyl (C=O) groups is 2. The largest absolute Gasteiger partial charge is 0.495 e. The summed E-state index contributed by atoms with van der Waals surface area (Å²) in [5, 5.41) is 12.0. The molecule has 3 aromatic heterocycles. The van der Waals surface area contributed by atoms with Gasteiger partial charge in [-0.15, -0.1) is 5.10 Å². The first-order valence-electron chi connectivity index (χ1n) is 17.7. The summed E-state index contributed by atoms with van der Waals surface area (Å²) in [5.74, 6) is -0.385. The van der Waals surface area contributed by atoms with Gasteiger partial charge in [-0.05, 0) is 62.9 Å². The van der Waals surface area contributed by atoms with Gasteiger partial charge in [0.1, 0.15) is 11.6 Å². The van der Waals surface area contributed by atoms with Crippen LogP contribution in [0, 0.1) is 12.8 Å². The zero-order valence-corrected chi connectivity index (χ0v) is 31.1. The summed E-state index contributed by atoms with van der Waals surface area (Å²) >= 11 is 6.31. The van der Waals surface area contributed by atoms with Gasteiger partial charge in [-0.25, -0.2) is 14.5 Å². The number of ether oxygens (including phenoxy) is 3. The molecule has 276 valence electrons. The van der Waals surface area contributed by atoms with Crippen molar-refractivity contribution in [2.24, 2.45) is 5.92 Å². The molecular formula is C38H46ClN7O6. The van der Waals surface area contributed by atoms with E-state index in [1.54, 1.807) is 44.4 Å². The lowest BCUT2D eigenvalue weighted by Gasteiger charge is -2.22. The van der Waals surface area contributed by atoms with Crippen molar-refractivity contribution >= 4 is 40.1 Å². The maximum absolute atomic E-state index is 14.5. The van der Waals surface area contributed by atoms with Crippen LogP contribution in [-0.4, -0.2) is 67.9 Å². The Balaban J connectivity index is 1.62. The number of hydrogen-bond donors (Lipinski definition) is 1. The molecule has 13 nitrogen and oxygen atoms in total. The standard InChI is InChI=1S/C38H46ClN7O6/c1-6-9-14-26(7-2)24-51-20-13-19-45-35(40-31-23-44(22-29(31)37(45)48)28-15-11-10-12-16-28)34(46-25(4)33(42-43-46)38(49)52-8-3)36(47)41-30-21-27(39)17-18-32(30)50-5/h10-12,15-18,21-23,26,34H,6-9,13-14,19-20,24H2,1-5H3,(H,41,47).